The third kappa shape index (κ3) is 9.70. The van der Waals surface area contributed by atoms with Gasteiger partial charge in [-0.1, -0.05) is 72.8 Å². The molecule has 1 fully saturated rings. The number of nitrogens with zero attached hydrogens (tertiary/aromatic N) is 3. The lowest BCUT2D eigenvalue weighted by Gasteiger charge is -2.43. The highest BCUT2D eigenvalue weighted by molar-refractivity contribution is 6.10. The van der Waals surface area contributed by atoms with Gasteiger partial charge in [0.25, 0.3) is 5.69 Å². The van der Waals surface area contributed by atoms with Crippen LogP contribution in [0.25, 0.3) is 11.1 Å². The van der Waals surface area contributed by atoms with Crippen LogP contribution in [0.4, 0.5) is 5.69 Å². The number of Topliss-reactive ketones (excluding diaryl/α,β-unsaturated/α-hetero) is 2. The van der Waals surface area contributed by atoms with Gasteiger partial charge in [-0.3, -0.25) is 24.7 Å². The number of unbranched alkanes of at least 4 members (excludes halogenated alkanes) is 1. The minimum Gasteiger partial charge on any atom is -0.478 e. The minimum absolute atomic E-state index is 0.0121. The van der Waals surface area contributed by atoms with E-state index in [1.54, 1.807) is 19.1 Å². The van der Waals surface area contributed by atoms with E-state index < -0.39 is 16.9 Å². The summed E-state index contributed by atoms with van der Waals surface area (Å²) < 4.78 is 0. The van der Waals surface area contributed by atoms with Gasteiger partial charge in [0.15, 0.2) is 11.6 Å². The molecule has 0 unspecified atom stereocenters. The number of hydrogen-bond donors (Lipinski definition) is 2. The van der Waals surface area contributed by atoms with Crippen LogP contribution < -0.4 is 0 Å². The summed E-state index contributed by atoms with van der Waals surface area (Å²) in [5, 5.41) is 27.1. The first-order valence-corrected chi connectivity index (χ1v) is 17.1. The van der Waals surface area contributed by atoms with Crippen molar-refractivity contribution >= 4 is 29.2 Å². The highest BCUT2D eigenvalue weighted by Crippen LogP contribution is 2.42. The molecule has 0 saturated carbocycles. The molecule has 0 bridgehead atoms. The fourth-order valence-electron chi connectivity index (χ4n) is 7.01. The molecule has 270 valence electrons. The van der Waals surface area contributed by atoms with Crippen LogP contribution in [0.2, 0.25) is 0 Å². The van der Waals surface area contributed by atoms with Crippen LogP contribution in [0.3, 0.4) is 0 Å². The third-order valence-electron chi connectivity index (χ3n) is 9.37. The van der Waals surface area contributed by atoms with E-state index in [2.05, 4.69) is 65.6 Å². The first-order chi connectivity index (χ1) is 24.8. The average Bonchev–Trinajstić information content (AvgIpc) is 3.13. The number of non-ortho nitro benzene ring substituents is 1. The Morgan fingerprint density at radius 3 is 1.83 bits per heavy atom. The number of nitro benzene ring substituents is 1. The number of carbonyl (C=O) groups is 4. The molecule has 11 heteroatoms. The second kappa shape index (κ2) is 17.9. The topological polar surface area (TPSA) is 168 Å². The van der Waals surface area contributed by atoms with Crippen molar-refractivity contribution in [3.8, 4) is 11.1 Å². The Kier molecular flexibility index (Phi) is 13.4. The van der Waals surface area contributed by atoms with E-state index in [1.165, 1.54) is 37.1 Å². The fourth-order valence-corrected chi connectivity index (χ4v) is 7.01. The van der Waals surface area contributed by atoms with Crippen LogP contribution in [-0.2, 0) is 21.4 Å². The van der Waals surface area contributed by atoms with Gasteiger partial charge >= 0.3 is 11.9 Å². The standard InChI is InChI=1S/C37H39N3O4.C4H4O4/c1-26-34(27(2)41)36(29-13-12-18-32(25-29)40(43)44)35(28(3)42)33(38-26)19-10-11-22-39-23-20-37(21-24-39,30-14-6-4-7-15-30)31-16-8-5-9-17-31;5-3(6)1-2-4(7)8/h4-9,12-18,25H,10-11,19-24H2,1-3H3;1-2H,(H,5,6)(H,7,8)/b;2-1+. The Labute approximate surface area is 302 Å². The molecule has 1 aliphatic rings. The van der Waals surface area contributed by atoms with Crippen molar-refractivity contribution in [2.75, 3.05) is 19.6 Å². The molecular formula is C41H43N3O8. The van der Waals surface area contributed by atoms with E-state index in [0.29, 0.717) is 52.2 Å². The summed E-state index contributed by atoms with van der Waals surface area (Å²) >= 11 is 0. The van der Waals surface area contributed by atoms with Crippen LogP contribution in [0, 0.1) is 17.0 Å². The van der Waals surface area contributed by atoms with E-state index in [1.807, 2.05) is 0 Å². The molecule has 4 aromatic rings. The number of carbonyl (C=O) groups excluding carboxylic acids is 2. The van der Waals surface area contributed by atoms with E-state index in [9.17, 15) is 29.3 Å². The first-order valence-electron chi connectivity index (χ1n) is 17.1. The zero-order chi connectivity index (χ0) is 37.8. The van der Waals surface area contributed by atoms with Crippen LogP contribution in [-0.4, -0.2) is 68.2 Å². The molecule has 0 amide bonds. The zero-order valence-electron chi connectivity index (χ0n) is 29.6. The van der Waals surface area contributed by atoms with Crippen LogP contribution in [0.1, 0.15) is 82.8 Å². The second-order valence-corrected chi connectivity index (χ2v) is 12.8. The number of nitro groups is 1. The Balaban J connectivity index is 0.000000677. The zero-order valence-corrected chi connectivity index (χ0v) is 29.6. The Morgan fingerprint density at radius 1 is 0.808 bits per heavy atom. The number of ketones is 2. The maximum Gasteiger partial charge on any atom is 0.328 e. The number of aromatic nitrogens is 1. The summed E-state index contributed by atoms with van der Waals surface area (Å²) in [5.41, 5.74) is 5.50. The summed E-state index contributed by atoms with van der Waals surface area (Å²) in [7, 11) is 0. The summed E-state index contributed by atoms with van der Waals surface area (Å²) in [5.74, 6) is -2.94. The number of aryl methyl sites for hydroxylation is 2. The van der Waals surface area contributed by atoms with E-state index in [4.69, 9.17) is 15.2 Å². The number of hydrogen-bond acceptors (Lipinski definition) is 8. The van der Waals surface area contributed by atoms with Crippen LogP contribution in [0.5, 0.6) is 0 Å². The molecule has 2 N–H and O–H groups in total. The van der Waals surface area contributed by atoms with Crippen LogP contribution >= 0.6 is 0 Å². The lowest BCUT2D eigenvalue weighted by molar-refractivity contribution is -0.384. The molecule has 1 aliphatic heterocycles. The van der Waals surface area contributed by atoms with E-state index in [0.717, 1.165) is 45.3 Å². The summed E-state index contributed by atoms with van der Waals surface area (Å²) in [6.07, 6.45) is 5.58. The molecule has 5 rings (SSSR count). The molecule has 0 atom stereocenters. The maximum absolute atomic E-state index is 13.0. The van der Waals surface area contributed by atoms with Gasteiger partial charge < -0.3 is 15.1 Å². The summed E-state index contributed by atoms with van der Waals surface area (Å²) in [6.45, 7) is 7.65. The van der Waals surface area contributed by atoms with Gasteiger partial charge in [-0.2, -0.15) is 0 Å². The fraction of sp³-hybridized carbons (Fsp3) is 0.293. The van der Waals surface area contributed by atoms with Crippen molar-refractivity contribution in [1.29, 1.82) is 0 Å². The van der Waals surface area contributed by atoms with Gasteiger partial charge in [0.05, 0.1) is 10.6 Å². The number of pyridine rings is 1. The summed E-state index contributed by atoms with van der Waals surface area (Å²) in [4.78, 5) is 63.2. The predicted octanol–water partition coefficient (Wildman–Crippen LogP) is 7.49. The molecule has 1 aromatic heterocycles. The molecular weight excluding hydrogens is 662 g/mol. The van der Waals surface area contributed by atoms with Crippen molar-refractivity contribution in [1.82, 2.24) is 9.88 Å². The lowest BCUT2D eigenvalue weighted by Crippen LogP contribution is -2.43. The lowest BCUT2D eigenvalue weighted by atomic mass is 9.68. The Bertz CT molecular complexity index is 1890. The quantitative estimate of drug-likeness (QED) is 0.0468. The molecule has 0 aliphatic carbocycles. The monoisotopic (exact) mass is 705 g/mol. The normalized spacial score (nSPS) is 13.9. The summed E-state index contributed by atoms with van der Waals surface area (Å²) in [6, 6.07) is 27.8. The number of rotatable bonds is 13. The van der Waals surface area contributed by atoms with Crippen molar-refractivity contribution in [2.24, 2.45) is 0 Å². The second-order valence-electron chi connectivity index (χ2n) is 12.8. The van der Waals surface area contributed by atoms with Crippen molar-refractivity contribution in [3.05, 3.63) is 141 Å². The number of benzene rings is 3. The van der Waals surface area contributed by atoms with E-state index >= 15 is 0 Å². The number of aliphatic carboxylic acids is 2. The van der Waals surface area contributed by atoms with E-state index in [-0.39, 0.29) is 22.7 Å². The molecule has 3 aromatic carbocycles. The van der Waals surface area contributed by atoms with Crippen molar-refractivity contribution in [3.63, 3.8) is 0 Å². The van der Waals surface area contributed by atoms with Gasteiger partial charge in [0.2, 0.25) is 0 Å². The molecule has 1 saturated heterocycles. The van der Waals surface area contributed by atoms with Crippen molar-refractivity contribution < 1.29 is 34.3 Å². The smallest absolute Gasteiger partial charge is 0.328 e. The molecule has 11 nitrogen and oxygen atoms in total. The van der Waals surface area contributed by atoms with Gasteiger partial charge in [-0.25, -0.2) is 9.59 Å². The van der Waals surface area contributed by atoms with Crippen LogP contribution in [0.15, 0.2) is 97.1 Å². The maximum atomic E-state index is 13.0. The van der Waals surface area contributed by atoms with Gasteiger partial charge in [0, 0.05) is 52.1 Å². The largest absolute Gasteiger partial charge is 0.478 e. The van der Waals surface area contributed by atoms with Crippen molar-refractivity contribution in [2.45, 2.75) is 58.3 Å². The third-order valence-corrected chi connectivity index (χ3v) is 9.37. The average molecular weight is 706 g/mol. The number of carboxylic acids is 2. The van der Waals surface area contributed by atoms with Gasteiger partial charge in [-0.05, 0) is 89.2 Å². The number of carboxylic acid groups (broad SMARTS) is 2. The number of piperidine rings is 1. The SMILES string of the molecule is CC(=O)c1c(C)nc(CCCCN2CCC(c3ccccc3)(c3ccccc3)CC2)c(C(C)=O)c1-c1cccc([N+](=O)[O-])c1.O=C(O)/C=C/C(=O)O. The molecule has 52 heavy (non-hydrogen) atoms. The molecule has 2 heterocycles. The number of likely N-dealkylation sites (tertiary alicyclic amines) is 1. The molecule has 0 spiro atoms. The Morgan fingerprint density at radius 2 is 1.35 bits per heavy atom. The predicted molar refractivity (Wildman–Crippen MR) is 198 cm³/mol. The van der Waals surface area contributed by atoms with Gasteiger partial charge in [0.1, 0.15) is 0 Å². The minimum atomic E-state index is -1.26. The highest BCUT2D eigenvalue weighted by Gasteiger charge is 2.37. The molecule has 0 radical (unpaired) electrons. The first kappa shape index (κ1) is 39.0. The highest BCUT2D eigenvalue weighted by atomic mass is 16.6. The Hall–Kier alpha value is -5.81. The van der Waals surface area contributed by atoms with Gasteiger partial charge in [-0.15, -0.1) is 0 Å².